The summed E-state index contributed by atoms with van der Waals surface area (Å²) in [6.07, 6.45) is 3.52. The second-order valence-electron chi connectivity index (χ2n) is 5.87. The Bertz CT molecular complexity index is 742. The highest BCUT2D eigenvalue weighted by molar-refractivity contribution is 7.88. The smallest absolute Gasteiger partial charge is 0.376 e. The maximum absolute atomic E-state index is 12.3. The van der Waals surface area contributed by atoms with Crippen molar-refractivity contribution in [3.05, 3.63) is 24.3 Å². The summed E-state index contributed by atoms with van der Waals surface area (Å²) < 4.78 is 63.0. The lowest BCUT2D eigenvalue weighted by molar-refractivity contribution is -0.0500. The molecule has 0 aromatic heterocycles. The normalized spacial score (nSPS) is 20.5. The fourth-order valence-electron chi connectivity index (χ4n) is 3.08. The molecule has 1 aromatic rings. The van der Waals surface area contributed by atoms with Gasteiger partial charge in [-0.15, -0.1) is 0 Å². The highest BCUT2D eigenvalue weighted by atomic mass is 32.2. The van der Waals surface area contributed by atoms with Gasteiger partial charge in [0.15, 0.2) is 0 Å². The second-order valence-corrected chi connectivity index (χ2v) is 7.41. The van der Waals surface area contributed by atoms with Crippen molar-refractivity contribution >= 4 is 21.8 Å². The Morgan fingerprint density at radius 1 is 1.12 bits per heavy atom. The zero-order valence-electron chi connectivity index (χ0n) is 12.5. The Morgan fingerprint density at radius 2 is 1.75 bits per heavy atom. The van der Waals surface area contributed by atoms with Crippen LogP contribution in [0.4, 0.5) is 23.7 Å². The molecule has 0 bridgehead atoms. The summed E-state index contributed by atoms with van der Waals surface area (Å²) in [5.74, 6) is -0.462. The minimum Gasteiger partial charge on any atom is -0.376 e. The van der Waals surface area contributed by atoms with E-state index in [1.807, 2.05) is 0 Å². The van der Waals surface area contributed by atoms with E-state index in [0.29, 0.717) is 12.2 Å². The predicted octanol–water partition coefficient (Wildman–Crippen LogP) is 2.76. The van der Waals surface area contributed by atoms with Crippen LogP contribution in [0.1, 0.15) is 25.7 Å². The molecule has 24 heavy (non-hydrogen) atoms. The van der Waals surface area contributed by atoms with Crippen molar-refractivity contribution in [2.24, 2.45) is 0 Å². The van der Waals surface area contributed by atoms with E-state index in [2.05, 4.69) is 9.50 Å². The van der Waals surface area contributed by atoms with Gasteiger partial charge in [0, 0.05) is 12.2 Å². The molecular formula is C14H15F3N2O4S. The minimum absolute atomic E-state index is 0.261. The van der Waals surface area contributed by atoms with Crippen LogP contribution in [0.3, 0.4) is 0 Å². The molecule has 3 rings (SSSR count). The van der Waals surface area contributed by atoms with Gasteiger partial charge in [-0.1, -0.05) is 0 Å². The molecule has 1 saturated heterocycles. The minimum atomic E-state index is -5.71. The Balaban J connectivity index is 1.83. The summed E-state index contributed by atoms with van der Waals surface area (Å²) >= 11 is 0. The lowest BCUT2D eigenvalue weighted by Crippen LogP contribution is -2.64. The second kappa shape index (κ2) is 5.54. The van der Waals surface area contributed by atoms with Crippen LogP contribution >= 0.6 is 0 Å². The summed E-state index contributed by atoms with van der Waals surface area (Å²) in [5.41, 5.74) is -5.26. The van der Waals surface area contributed by atoms with Gasteiger partial charge in [0.1, 0.15) is 5.75 Å². The van der Waals surface area contributed by atoms with Crippen LogP contribution in [0.5, 0.6) is 5.75 Å². The number of carbonyl (C=O) groups is 1. The molecule has 2 amide bonds. The number of rotatable bonds is 3. The van der Waals surface area contributed by atoms with Gasteiger partial charge in [0.2, 0.25) is 0 Å². The third-order valence-electron chi connectivity index (χ3n) is 4.41. The number of urea groups is 1. The molecule has 1 aliphatic heterocycles. The number of nitrogens with zero attached hydrogens (tertiary/aromatic N) is 1. The van der Waals surface area contributed by atoms with Gasteiger partial charge in [-0.2, -0.15) is 21.6 Å². The lowest BCUT2D eigenvalue weighted by atomic mass is 9.72. The molecule has 10 heteroatoms. The number of benzene rings is 1. The zero-order chi connectivity index (χ0) is 17.6. The molecule has 132 valence electrons. The summed E-state index contributed by atoms with van der Waals surface area (Å²) in [4.78, 5) is 13.8. The molecule has 2 aliphatic rings. The van der Waals surface area contributed by atoms with E-state index in [1.54, 1.807) is 4.90 Å². The quantitative estimate of drug-likeness (QED) is 0.661. The Hall–Kier alpha value is -1.97. The van der Waals surface area contributed by atoms with E-state index in [9.17, 15) is 26.4 Å². The number of anilines is 1. The van der Waals surface area contributed by atoms with Crippen molar-refractivity contribution in [3.8, 4) is 5.75 Å². The molecule has 1 heterocycles. The van der Waals surface area contributed by atoms with Crippen LogP contribution in [-0.2, 0) is 10.1 Å². The molecule has 1 spiro atoms. The van der Waals surface area contributed by atoms with E-state index in [0.717, 1.165) is 37.8 Å². The molecular weight excluding hydrogens is 349 g/mol. The van der Waals surface area contributed by atoms with Gasteiger partial charge in [-0.3, -0.25) is 4.90 Å². The third kappa shape index (κ3) is 2.79. The number of alkyl halides is 3. The molecule has 0 atom stereocenters. The molecule has 1 aliphatic carbocycles. The molecule has 1 saturated carbocycles. The monoisotopic (exact) mass is 364 g/mol. The first-order valence-corrected chi connectivity index (χ1v) is 8.74. The van der Waals surface area contributed by atoms with E-state index in [1.165, 1.54) is 12.1 Å². The van der Waals surface area contributed by atoms with Gasteiger partial charge < -0.3 is 9.50 Å². The topological polar surface area (TPSA) is 75.7 Å². The average Bonchev–Trinajstić information content (AvgIpc) is 2.45. The van der Waals surface area contributed by atoms with Crippen molar-refractivity contribution in [2.75, 3.05) is 11.4 Å². The van der Waals surface area contributed by atoms with E-state index in [4.69, 9.17) is 0 Å². The van der Waals surface area contributed by atoms with Gasteiger partial charge in [0.05, 0.1) is 5.54 Å². The van der Waals surface area contributed by atoms with E-state index >= 15 is 0 Å². The largest absolute Gasteiger partial charge is 0.534 e. The van der Waals surface area contributed by atoms with Crippen molar-refractivity contribution < 1.29 is 30.6 Å². The number of nitrogens with one attached hydrogen (secondary N) is 1. The molecule has 1 aromatic carbocycles. The highest BCUT2D eigenvalue weighted by Gasteiger charge is 2.49. The van der Waals surface area contributed by atoms with Crippen LogP contribution in [0.15, 0.2) is 24.3 Å². The number of hydrogen-bond donors (Lipinski definition) is 1. The summed E-state index contributed by atoms with van der Waals surface area (Å²) in [6, 6.07) is 4.70. The van der Waals surface area contributed by atoms with Crippen molar-refractivity contribution in [2.45, 2.75) is 36.7 Å². The predicted molar refractivity (Wildman–Crippen MR) is 79.1 cm³/mol. The highest BCUT2D eigenvalue weighted by Crippen LogP contribution is 2.44. The van der Waals surface area contributed by atoms with Gasteiger partial charge >= 0.3 is 21.7 Å². The van der Waals surface area contributed by atoms with Gasteiger partial charge in [-0.25, -0.2) is 4.79 Å². The number of halogens is 3. The molecule has 0 radical (unpaired) electrons. The van der Waals surface area contributed by atoms with E-state index < -0.39 is 21.4 Å². The first kappa shape index (κ1) is 16.9. The molecule has 6 nitrogen and oxygen atoms in total. The summed E-state index contributed by atoms with van der Waals surface area (Å²) in [5, 5.41) is 2.74. The summed E-state index contributed by atoms with van der Waals surface area (Å²) in [6.45, 7) is 0.584. The molecule has 1 N–H and O–H groups in total. The van der Waals surface area contributed by atoms with Crippen molar-refractivity contribution in [3.63, 3.8) is 0 Å². The zero-order valence-corrected chi connectivity index (χ0v) is 13.3. The van der Waals surface area contributed by atoms with Crippen LogP contribution in [-0.4, -0.2) is 32.0 Å². The molecule has 0 unspecified atom stereocenters. The Labute approximate surface area is 136 Å². The van der Waals surface area contributed by atoms with Crippen LogP contribution in [0.25, 0.3) is 0 Å². The fraction of sp³-hybridized carbons (Fsp3) is 0.500. The number of carbonyl (C=O) groups excluding carboxylic acids is 1. The number of amides is 2. The lowest BCUT2D eigenvalue weighted by Gasteiger charge is -2.52. The fourth-order valence-corrected chi connectivity index (χ4v) is 3.54. The van der Waals surface area contributed by atoms with E-state index in [-0.39, 0.29) is 11.6 Å². The Morgan fingerprint density at radius 3 is 2.25 bits per heavy atom. The first-order valence-electron chi connectivity index (χ1n) is 7.34. The van der Waals surface area contributed by atoms with Gasteiger partial charge in [-0.05, 0) is 49.9 Å². The maximum atomic E-state index is 12.3. The standard InChI is InChI=1S/C14H15F3N2O4S/c15-14(16,17)24(21,22)23-11-4-2-10(3-5-11)19-12(20)18-9-8-13(19)6-1-7-13/h2-5H,1,6-9H2,(H,18,20). The average molecular weight is 364 g/mol. The van der Waals surface area contributed by atoms with Crippen LogP contribution in [0, 0.1) is 0 Å². The van der Waals surface area contributed by atoms with Crippen LogP contribution in [0.2, 0.25) is 0 Å². The van der Waals surface area contributed by atoms with Crippen molar-refractivity contribution in [1.82, 2.24) is 5.32 Å². The third-order valence-corrected chi connectivity index (χ3v) is 5.39. The first-order chi connectivity index (χ1) is 11.1. The van der Waals surface area contributed by atoms with Crippen LogP contribution < -0.4 is 14.4 Å². The SMILES string of the molecule is O=C1NCCC2(CCC2)N1c1ccc(OS(=O)(=O)C(F)(F)F)cc1. The van der Waals surface area contributed by atoms with Gasteiger partial charge in [0.25, 0.3) is 0 Å². The van der Waals surface area contributed by atoms with Crippen molar-refractivity contribution in [1.29, 1.82) is 0 Å². The molecule has 2 fully saturated rings. The maximum Gasteiger partial charge on any atom is 0.534 e. The number of hydrogen-bond acceptors (Lipinski definition) is 4. The Kier molecular flexibility index (Phi) is 3.89. The summed E-state index contributed by atoms with van der Waals surface area (Å²) in [7, 11) is -5.71.